The van der Waals surface area contributed by atoms with Crippen LogP contribution in [0.15, 0.2) is 16.7 Å². The number of benzene rings is 1. The van der Waals surface area contributed by atoms with Gasteiger partial charge in [0.05, 0.1) is 18.4 Å². The van der Waals surface area contributed by atoms with Crippen LogP contribution in [0, 0.1) is 13.8 Å². The molecular weight excluding hydrogens is 292 g/mol. The van der Waals surface area contributed by atoms with Gasteiger partial charge in [0.1, 0.15) is 12.4 Å². The van der Waals surface area contributed by atoms with Gasteiger partial charge in [-0.1, -0.05) is 16.8 Å². The molecular formula is C15H19ClN2O3. The van der Waals surface area contributed by atoms with E-state index in [2.05, 4.69) is 5.16 Å². The Balaban J connectivity index is 2.29. The van der Waals surface area contributed by atoms with Crippen molar-refractivity contribution in [1.29, 1.82) is 0 Å². The maximum absolute atomic E-state index is 6.09. The number of hydrogen-bond donors (Lipinski definition) is 1. The normalized spacial score (nSPS) is 10.7. The summed E-state index contributed by atoms with van der Waals surface area (Å²) in [5, 5.41) is 4.51. The first kappa shape index (κ1) is 15.7. The van der Waals surface area contributed by atoms with Crippen molar-refractivity contribution in [2.75, 3.05) is 13.7 Å². The number of nitrogens with two attached hydrogens (primary N) is 1. The number of aromatic nitrogens is 1. The fourth-order valence-corrected chi connectivity index (χ4v) is 2.36. The molecule has 0 bridgehead atoms. The third-order valence-corrected chi connectivity index (χ3v) is 3.49. The molecule has 1 aromatic heterocycles. The Kier molecular flexibility index (Phi) is 5.09. The second-order valence-corrected chi connectivity index (χ2v) is 5.16. The summed E-state index contributed by atoms with van der Waals surface area (Å²) >= 11 is 6.09. The van der Waals surface area contributed by atoms with Gasteiger partial charge < -0.3 is 19.7 Å². The highest BCUT2D eigenvalue weighted by Gasteiger charge is 2.15. The molecule has 0 amide bonds. The summed E-state index contributed by atoms with van der Waals surface area (Å²) in [5.74, 6) is 2.01. The first-order valence-corrected chi connectivity index (χ1v) is 7.05. The lowest BCUT2D eigenvalue weighted by Crippen LogP contribution is -2.07. The molecule has 0 aliphatic rings. The van der Waals surface area contributed by atoms with E-state index >= 15 is 0 Å². The van der Waals surface area contributed by atoms with Crippen molar-refractivity contribution in [2.45, 2.75) is 26.9 Å². The molecule has 0 fully saturated rings. The molecule has 0 spiro atoms. The van der Waals surface area contributed by atoms with Crippen LogP contribution in [0.5, 0.6) is 11.5 Å². The molecule has 21 heavy (non-hydrogen) atoms. The lowest BCUT2D eigenvalue weighted by atomic mass is 10.1. The number of aryl methyl sites for hydroxylation is 2. The van der Waals surface area contributed by atoms with Gasteiger partial charge in [0.2, 0.25) is 0 Å². The van der Waals surface area contributed by atoms with Gasteiger partial charge in [0, 0.05) is 16.7 Å². The van der Waals surface area contributed by atoms with Gasteiger partial charge in [-0.2, -0.15) is 0 Å². The molecule has 2 aromatic rings. The number of nitrogens with zero attached hydrogens (tertiary/aromatic N) is 1. The van der Waals surface area contributed by atoms with Crippen LogP contribution in [0.25, 0.3) is 0 Å². The van der Waals surface area contributed by atoms with Gasteiger partial charge in [-0.3, -0.25) is 0 Å². The fraction of sp³-hybridized carbons (Fsp3) is 0.400. The lowest BCUT2D eigenvalue weighted by Gasteiger charge is -2.15. The number of halogens is 1. The van der Waals surface area contributed by atoms with Crippen molar-refractivity contribution in [2.24, 2.45) is 5.73 Å². The smallest absolute Gasteiger partial charge is 0.165 e. The fourth-order valence-electron chi connectivity index (χ4n) is 2.13. The van der Waals surface area contributed by atoms with E-state index in [0.717, 1.165) is 22.6 Å². The standard InChI is InChI=1S/C15H19ClN2O3/c1-9-13(10(2)21-18-9)8-20-15-11(4-5-17)6-12(16)7-14(15)19-3/h6-7H,4-5,8,17H2,1-3H3. The Morgan fingerprint density at radius 3 is 2.67 bits per heavy atom. The van der Waals surface area contributed by atoms with Crippen LogP contribution in [0.3, 0.4) is 0 Å². The Labute approximate surface area is 129 Å². The van der Waals surface area contributed by atoms with E-state index in [9.17, 15) is 0 Å². The average molecular weight is 311 g/mol. The first-order chi connectivity index (χ1) is 10.1. The van der Waals surface area contributed by atoms with Crippen LogP contribution < -0.4 is 15.2 Å². The SMILES string of the molecule is COc1cc(Cl)cc(CCN)c1OCc1c(C)noc1C. The summed E-state index contributed by atoms with van der Waals surface area (Å²) in [4.78, 5) is 0. The summed E-state index contributed by atoms with van der Waals surface area (Å²) in [5.41, 5.74) is 8.33. The van der Waals surface area contributed by atoms with Crippen molar-refractivity contribution < 1.29 is 14.0 Å². The number of hydrogen-bond acceptors (Lipinski definition) is 5. The minimum Gasteiger partial charge on any atom is -0.493 e. The molecule has 114 valence electrons. The monoisotopic (exact) mass is 310 g/mol. The maximum atomic E-state index is 6.09. The molecule has 0 unspecified atom stereocenters. The minimum atomic E-state index is 0.358. The zero-order chi connectivity index (χ0) is 15.4. The zero-order valence-corrected chi connectivity index (χ0v) is 13.2. The van der Waals surface area contributed by atoms with Gasteiger partial charge in [-0.15, -0.1) is 0 Å². The second kappa shape index (κ2) is 6.83. The van der Waals surface area contributed by atoms with E-state index < -0.39 is 0 Å². The molecule has 0 aliphatic heterocycles. The van der Waals surface area contributed by atoms with Gasteiger partial charge >= 0.3 is 0 Å². The highest BCUT2D eigenvalue weighted by atomic mass is 35.5. The minimum absolute atomic E-state index is 0.358. The molecule has 5 nitrogen and oxygen atoms in total. The molecule has 6 heteroatoms. The van der Waals surface area contributed by atoms with Crippen molar-refractivity contribution in [3.63, 3.8) is 0 Å². The van der Waals surface area contributed by atoms with Crippen LogP contribution in [0.4, 0.5) is 0 Å². The van der Waals surface area contributed by atoms with Crippen LogP contribution in [0.2, 0.25) is 5.02 Å². The molecule has 1 heterocycles. The lowest BCUT2D eigenvalue weighted by molar-refractivity contribution is 0.278. The topological polar surface area (TPSA) is 70.5 Å². The molecule has 0 saturated heterocycles. The van der Waals surface area contributed by atoms with Gasteiger partial charge in [-0.25, -0.2) is 0 Å². The van der Waals surface area contributed by atoms with Gasteiger partial charge in [0.15, 0.2) is 11.5 Å². The van der Waals surface area contributed by atoms with E-state index in [1.54, 1.807) is 13.2 Å². The van der Waals surface area contributed by atoms with Crippen molar-refractivity contribution >= 4 is 11.6 Å². The largest absolute Gasteiger partial charge is 0.493 e. The van der Waals surface area contributed by atoms with Crippen molar-refractivity contribution in [3.8, 4) is 11.5 Å². The molecule has 0 aliphatic carbocycles. The Morgan fingerprint density at radius 2 is 2.10 bits per heavy atom. The highest BCUT2D eigenvalue weighted by Crippen LogP contribution is 2.35. The highest BCUT2D eigenvalue weighted by molar-refractivity contribution is 6.30. The average Bonchev–Trinajstić information content (AvgIpc) is 2.77. The maximum Gasteiger partial charge on any atom is 0.165 e. The van der Waals surface area contributed by atoms with E-state index in [0.29, 0.717) is 36.1 Å². The van der Waals surface area contributed by atoms with Crippen LogP contribution in [-0.2, 0) is 13.0 Å². The number of ether oxygens (including phenoxy) is 2. The summed E-state index contributed by atoms with van der Waals surface area (Å²) in [6, 6.07) is 3.57. The third-order valence-electron chi connectivity index (χ3n) is 3.27. The molecule has 1 aromatic carbocycles. The van der Waals surface area contributed by atoms with Gasteiger partial charge in [-0.05, 0) is 32.9 Å². The molecule has 0 atom stereocenters. The van der Waals surface area contributed by atoms with Crippen molar-refractivity contribution in [3.05, 3.63) is 39.7 Å². The molecule has 0 saturated carbocycles. The predicted octanol–water partition coefficient (Wildman–Crippen LogP) is 3.03. The van der Waals surface area contributed by atoms with E-state index in [1.165, 1.54) is 0 Å². The van der Waals surface area contributed by atoms with Crippen molar-refractivity contribution in [1.82, 2.24) is 5.16 Å². The zero-order valence-electron chi connectivity index (χ0n) is 12.4. The summed E-state index contributed by atoms with van der Waals surface area (Å²) in [6.07, 6.45) is 0.661. The second-order valence-electron chi connectivity index (χ2n) is 4.73. The molecule has 0 radical (unpaired) electrons. The Hall–Kier alpha value is -1.72. The van der Waals surface area contributed by atoms with Gasteiger partial charge in [0.25, 0.3) is 0 Å². The Bertz CT molecular complexity index is 606. The van der Waals surface area contributed by atoms with E-state index in [-0.39, 0.29) is 0 Å². The summed E-state index contributed by atoms with van der Waals surface area (Å²) in [7, 11) is 1.58. The number of methoxy groups -OCH3 is 1. The summed E-state index contributed by atoms with van der Waals surface area (Å²) in [6.45, 7) is 4.61. The third kappa shape index (κ3) is 3.49. The van der Waals surface area contributed by atoms with Crippen LogP contribution in [-0.4, -0.2) is 18.8 Å². The summed E-state index contributed by atoms with van der Waals surface area (Å²) < 4.78 is 16.4. The first-order valence-electron chi connectivity index (χ1n) is 6.67. The van der Waals surface area contributed by atoms with Crippen LogP contribution >= 0.6 is 11.6 Å². The van der Waals surface area contributed by atoms with Crippen LogP contribution in [0.1, 0.15) is 22.6 Å². The van der Waals surface area contributed by atoms with E-state index in [4.69, 9.17) is 31.3 Å². The predicted molar refractivity (Wildman–Crippen MR) is 81.1 cm³/mol. The molecule has 2 rings (SSSR count). The quantitative estimate of drug-likeness (QED) is 0.888. The molecule has 2 N–H and O–H groups in total. The Morgan fingerprint density at radius 1 is 1.33 bits per heavy atom. The number of rotatable bonds is 6. The van der Waals surface area contributed by atoms with E-state index in [1.807, 2.05) is 19.9 Å².